The van der Waals surface area contributed by atoms with Crippen molar-refractivity contribution in [2.75, 3.05) is 44.5 Å². The van der Waals surface area contributed by atoms with Crippen LogP contribution in [0.3, 0.4) is 0 Å². The second-order valence-electron chi connectivity index (χ2n) is 19.6. The first-order chi connectivity index (χ1) is 37.6. The van der Waals surface area contributed by atoms with Gasteiger partial charge < -0.3 is 85.1 Å². The van der Waals surface area contributed by atoms with E-state index in [1.165, 1.54) is 20.7 Å². The summed E-state index contributed by atoms with van der Waals surface area (Å²) in [4.78, 5) is 100. The van der Waals surface area contributed by atoms with Gasteiger partial charge in [0, 0.05) is 13.1 Å². The Labute approximate surface area is 452 Å². The molecule has 1 fully saturated rings. The molecule has 80 heavy (non-hydrogen) atoms. The fourth-order valence-electron chi connectivity index (χ4n) is 9.40. The van der Waals surface area contributed by atoms with E-state index < -0.39 is 157 Å². The number of amides is 6. The van der Waals surface area contributed by atoms with Gasteiger partial charge >= 0.3 is 27.3 Å². The molecule has 7 heterocycles. The molecule has 6 amide bonds. The van der Waals surface area contributed by atoms with E-state index in [1.807, 2.05) is 45.2 Å². The maximum atomic E-state index is 12.8. The van der Waals surface area contributed by atoms with Crippen molar-refractivity contribution in [2.24, 2.45) is 20.0 Å². The number of allylic oxidation sites excluding steroid dienone is 4. The Kier molecular flexibility index (Phi) is 17.7. The lowest BCUT2D eigenvalue weighted by molar-refractivity contribution is -0.114. The lowest BCUT2D eigenvalue weighted by Crippen LogP contribution is -2.61. The number of aliphatic hydroxyl groups excluding tert-OH is 9. The molecular formula is C45H59N13O20P2. The van der Waals surface area contributed by atoms with E-state index in [4.69, 9.17) is 24.6 Å². The number of β-amino-alcohol motifs (C(OH)–C–C–N with tert-alkyl or cyclic N) is 2. The van der Waals surface area contributed by atoms with Gasteiger partial charge in [-0.3, -0.25) is 43.9 Å². The number of imidazole rings is 1. The molecule has 13 unspecified atom stereocenters. The van der Waals surface area contributed by atoms with Crippen LogP contribution >= 0.6 is 15.2 Å². The third-order valence-electron chi connectivity index (χ3n) is 13.9. The van der Waals surface area contributed by atoms with E-state index >= 15 is 0 Å². The average molecular weight is 1160 g/mol. The standard InChI is InChI=1S/C28H37N9O14P2.C17H22N4O6/c1-11-3-13-14(4-12(11)2)36(25-19(33-13)26(43)35-28(44)34-25)5-15(38)20(40)16(39)6-49-52(45,46)10-53(47,48)50-7-17-21(41)22(42)27(51-17)37-9-32-18-23(29)30-8-31-24(18)37;1-7-3-9-10(4-8(7)2)21(5-11(23)14(25)12(24)6-22)15-13(18-9)16(26)20-17(27)19-15/h3-4,8-9,13-17,20-22,27,38-42H,5-7,10H2,1-2H3,(H,45,46)(H,47,48)(H2,29,30,31)(H,35,43,44);3-4,9-12,14,22-25H,5-6H2,1-2H3,(H,20,26,27)/t13?,14?,15?,16?,17-,20?,21+,22?,27-;/m1./s1. The molecule has 0 aromatic carbocycles. The Morgan fingerprint density at radius 2 is 1.18 bits per heavy atom. The number of urea groups is 2. The lowest BCUT2D eigenvalue weighted by atomic mass is 9.89. The molecule has 1 saturated heterocycles. The van der Waals surface area contributed by atoms with Crippen LogP contribution in [0.4, 0.5) is 15.4 Å². The summed E-state index contributed by atoms with van der Waals surface area (Å²) in [5, 5.41) is 96.3. The number of amidine groups is 2. The maximum Gasteiger partial charge on any atom is 0.349 e. The molecule has 2 aliphatic carbocycles. The molecule has 16 atom stereocenters. The van der Waals surface area contributed by atoms with Gasteiger partial charge in [0.15, 0.2) is 46.7 Å². The number of nitrogens with zero attached hydrogens (tertiary/aromatic N) is 10. The molecule has 35 heteroatoms. The number of rotatable bonds is 18. The van der Waals surface area contributed by atoms with Gasteiger partial charge in [0.1, 0.15) is 66.8 Å². The van der Waals surface area contributed by atoms with Crippen molar-refractivity contribution >= 4 is 79.1 Å². The lowest BCUT2D eigenvalue weighted by Gasteiger charge is -2.43. The highest BCUT2D eigenvalue weighted by molar-refractivity contribution is 7.70. The zero-order chi connectivity index (χ0) is 58.4. The number of aromatic nitrogens is 4. The molecule has 33 nitrogen and oxygen atoms in total. The summed E-state index contributed by atoms with van der Waals surface area (Å²) in [6.45, 7) is 4.11. The first-order valence-electron chi connectivity index (χ1n) is 24.5. The summed E-state index contributed by atoms with van der Waals surface area (Å²) in [6.07, 6.45) is -6.68. The molecule has 9 rings (SSSR count). The van der Waals surface area contributed by atoms with Crippen LogP contribution < -0.4 is 16.4 Å². The third-order valence-corrected chi connectivity index (χ3v) is 17.9. The van der Waals surface area contributed by atoms with Crippen LogP contribution in [0.15, 0.2) is 79.2 Å². The molecule has 2 aromatic rings. The van der Waals surface area contributed by atoms with E-state index in [-0.39, 0.29) is 46.6 Å². The summed E-state index contributed by atoms with van der Waals surface area (Å²) in [5.41, 5.74) is 9.60. The number of imide groups is 2. The van der Waals surface area contributed by atoms with Gasteiger partial charge in [0.05, 0.1) is 50.3 Å². The smallest absolute Gasteiger partial charge is 0.349 e. The van der Waals surface area contributed by atoms with Gasteiger partial charge in [-0.25, -0.2) is 24.5 Å². The Bertz CT molecular complexity index is 3180. The summed E-state index contributed by atoms with van der Waals surface area (Å²) < 4.78 is 42.1. The SMILES string of the molecule is CC1=CC2N=C3C(=O)NC(=O)N=C3N(CC(O)C(O)C(O)CO)C2C=C1C.CC1=CC2N=C3C(=O)NC(=O)N=C3N(CC(O)C(O)C(O)COP(=O)(O)CP(=O)(O)OC[C@H]3O[C@@H](n4cnc5c(N)ncnc54)C(O)[C@H]3O)C2C=C1C. The van der Waals surface area contributed by atoms with E-state index in [0.29, 0.717) is 0 Å². The van der Waals surface area contributed by atoms with Gasteiger partial charge in [-0.05, 0) is 27.7 Å². The summed E-state index contributed by atoms with van der Waals surface area (Å²) in [7, 11) is -10.0. The molecular weight excluding hydrogens is 1100 g/mol. The largest absolute Gasteiger partial charge is 0.394 e. The minimum absolute atomic E-state index is 0.00624. The quantitative estimate of drug-likeness (QED) is 0.0627. The topological polar surface area (TPSA) is 502 Å². The van der Waals surface area contributed by atoms with Gasteiger partial charge in [0.25, 0.3) is 11.8 Å². The van der Waals surface area contributed by atoms with Crippen molar-refractivity contribution < 1.29 is 97.8 Å². The minimum atomic E-state index is -5.03. The van der Waals surface area contributed by atoms with Crippen LogP contribution in [0.5, 0.6) is 0 Å². The Morgan fingerprint density at radius 3 is 1.69 bits per heavy atom. The summed E-state index contributed by atoms with van der Waals surface area (Å²) in [6, 6.07) is -3.94. The first kappa shape index (κ1) is 59.9. The second kappa shape index (κ2) is 23.7. The summed E-state index contributed by atoms with van der Waals surface area (Å²) in [5.74, 6) is -3.10. The number of nitrogen functional groups attached to an aromatic ring is 1. The van der Waals surface area contributed by atoms with Crippen molar-refractivity contribution in [3.63, 3.8) is 0 Å². The number of aliphatic imine (C=N–C) groups is 4. The molecule has 0 spiro atoms. The fourth-order valence-corrected chi connectivity index (χ4v) is 12.6. The average Bonchev–Trinajstić information content (AvgIpc) is 4.04. The minimum Gasteiger partial charge on any atom is -0.394 e. The van der Waals surface area contributed by atoms with Gasteiger partial charge in [-0.15, -0.1) is 0 Å². The number of aliphatic hydroxyl groups is 9. The van der Waals surface area contributed by atoms with Gasteiger partial charge in [-0.1, -0.05) is 46.6 Å². The van der Waals surface area contributed by atoms with Crippen molar-refractivity contribution in [1.82, 2.24) is 40.0 Å². The number of nitrogens with one attached hydrogen (secondary N) is 2. The zero-order valence-electron chi connectivity index (χ0n) is 42.8. The van der Waals surface area contributed by atoms with E-state index in [0.717, 1.165) is 28.6 Å². The van der Waals surface area contributed by atoms with Crippen LogP contribution in [0.25, 0.3) is 11.2 Å². The predicted molar refractivity (Wildman–Crippen MR) is 276 cm³/mol. The number of carbonyl (C=O) groups excluding carboxylic acids is 4. The van der Waals surface area contributed by atoms with Crippen LogP contribution in [-0.2, 0) is 32.5 Å². The molecule has 2 aromatic heterocycles. The van der Waals surface area contributed by atoms with Crippen LogP contribution in [0.2, 0.25) is 0 Å². The van der Waals surface area contributed by atoms with Crippen LogP contribution in [0, 0.1) is 0 Å². The Hall–Kier alpha value is -6.23. The van der Waals surface area contributed by atoms with E-state index in [9.17, 15) is 78.9 Å². The van der Waals surface area contributed by atoms with Gasteiger partial charge in [-0.2, -0.15) is 9.98 Å². The normalized spacial score (nSPS) is 29.2. The number of ether oxygens (including phenoxy) is 1. The highest BCUT2D eigenvalue weighted by Gasteiger charge is 2.48. The maximum absolute atomic E-state index is 12.8. The monoisotopic (exact) mass is 1160 g/mol. The number of hydrogen-bond donors (Lipinski definition) is 14. The molecule has 0 radical (unpaired) electrons. The molecule has 0 saturated carbocycles. The highest BCUT2D eigenvalue weighted by atomic mass is 31.2. The fraction of sp³-hybridized carbons (Fsp3) is 0.533. The molecule has 15 N–H and O–H groups in total. The van der Waals surface area contributed by atoms with Crippen molar-refractivity contribution in [3.8, 4) is 0 Å². The zero-order valence-corrected chi connectivity index (χ0v) is 44.6. The number of anilines is 1. The first-order valence-corrected chi connectivity index (χ1v) is 28.0. The van der Waals surface area contributed by atoms with Crippen molar-refractivity contribution in [3.05, 3.63) is 59.3 Å². The van der Waals surface area contributed by atoms with E-state index in [2.05, 4.69) is 40.2 Å². The van der Waals surface area contributed by atoms with Crippen molar-refractivity contribution in [1.29, 1.82) is 0 Å². The molecule has 7 aliphatic rings. The van der Waals surface area contributed by atoms with Crippen molar-refractivity contribution in [2.45, 2.75) is 113 Å². The van der Waals surface area contributed by atoms with Crippen LogP contribution in [0.1, 0.15) is 33.9 Å². The molecule has 5 aliphatic heterocycles. The Balaban J connectivity index is 0.000000261. The number of fused-ring (bicyclic) bond motifs is 5. The third kappa shape index (κ3) is 12.6. The van der Waals surface area contributed by atoms with Gasteiger partial charge in [0.2, 0.25) is 0 Å². The summed E-state index contributed by atoms with van der Waals surface area (Å²) >= 11 is 0. The number of hydrogen-bond acceptors (Lipinski definition) is 26. The van der Waals surface area contributed by atoms with Crippen LogP contribution in [-0.4, -0.2) is 250 Å². The second-order valence-corrected chi connectivity index (χ2v) is 23.8. The van der Waals surface area contributed by atoms with E-state index in [1.54, 1.807) is 12.2 Å². The predicted octanol–water partition coefficient (Wildman–Crippen LogP) is -4.37. The molecule has 434 valence electrons. The molecule has 0 bridgehead atoms. The number of carbonyl (C=O) groups is 4. The Morgan fingerprint density at radius 1 is 0.688 bits per heavy atom. The highest BCUT2D eigenvalue weighted by Crippen LogP contribution is 2.58. The number of nitrogens with two attached hydrogens (primary N) is 1.